The zero-order valence-electron chi connectivity index (χ0n) is 15.2. The monoisotopic (exact) mass is 473 g/mol. The Balaban J connectivity index is 1.81. The summed E-state index contributed by atoms with van der Waals surface area (Å²) in [5.41, 5.74) is 1.36. The number of aryl methyl sites for hydroxylation is 1. The second-order valence-electron chi connectivity index (χ2n) is 6.00. The number of aromatic nitrogens is 3. The van der Waals surface area contributed by atoms with E-state index in [1.54, 1.807) is 13.0 Å². The molecule has 0 atom stereocenters. The Bertz CT molecular complexity index is 1190. The van der Waals surface area contributed by atoms with Gasteiger partial charge in [-0.3, -0.25) is 4.55 Å². The van der Waals surface area contributed by atoms with Crippen LogP contribution >= 0.6 is 22.5 Å². The van der Waals surface area contributed by atoms with Gasteiger partial charge in [-0.15, -0.1) is 0 Å². The first-order valence-corrected chi connectivity index (χ1v) is 11.4. The van der Waals surface area contributed by atoms with Crippen molar-refractivity contribution in [3.63, 3.8) is 0 Å². The van der Waals surface area contributed by atoms with Crippen LogP contribution < -0.4 is 10.6 Å². The van der Waals surface area contributed by atoms with Crippen LogP contribution in [0.4, 0.5) is 23.3 Å². The molecule has 160 valence electrons. The molecule has 0 unspecified atom stereocenters. The average Bonchev–Trinajstić information content (AvgIpc) is 2.60. The van der Waals surface area contributed by atoms with E-state index in [0.29, 0.717) is 16.9 Å². The molecule has 30 heavy (non-hydrogen) atoms. The van der Waals surface area contributed by atoms with Gasteiger partial charge in [0.2, 0.25) is 17.2 Å². The van der Waals surface area contributed by atoms with E-state index in [1.165, 1.54) is 36.4 Å². The topological polar surface area (TPSA) is 178 Å². The Hall–Kier alpha value is -2.52. The minimum atomic E-state index is -4.30. The number of nitrogens with zero attached hydrogens (tertiary/aromatic N) is 3. The lowest BCUT2D eigenvalue weighted by molar-refractivity contribution is 0.375. The van der Waals surface area contributed by atoms with Gasteiger partial charge in [-0.25, -0.2) is 0 Å². The number of halogens is 1. The lowest BCUT2D eigenvalue weighted by Crippen LogP contribution is -2.05. The fourth-order valence-electron chi connectivity index (χ4n) is 2.46. The summed E-state index contributed by atoms with van der Waals surface area (Å²) >= 11 is 5.93. The summed E-state index contributed by atoms with van der Waals surface area (Å²) in [6.45, 7) is 1.59. The predicted molar refractivity (Wildman–Crippen MR) is 113 cm³/mol. The van der Waals surface area contributed by atoms with Gasteiger partial charge in [0, 0.05) is 11.4 Å². The van der Waals surface area contributed by atoms with Crippen molar-refractivity contribution in [2.24, 2.45) is 0 Å². The number of hydrogen-bond donors (Lipinski definition) is 6. The van der Waals surface area contributed by atoms with Crippen molar-refractivity contribution in [3.8, 4) is 0 Å². The summed E-state index contributed by atoms with van der Waals surface area (Å²) in [4.78, 5) is 11.8. The summed E-state index contributed by atoms with van der Waals surface area (Å²) in [5.74, 6) is 0.143. The highest BCUT2D eigenvalue weighted by Crippen LogP contribution is 2.45. The summed E-state index contributed by atoms with van der Waals surface area (Å²) < 4.78 is 59.4. The van der Waals surface area contributed by atoms with Crippen molar-refractivity contribution in [2.45, 2.75) is 16.7 Å². The van der Waals surface area contributed by atoms with Crippen molar-refractivity contribution in [2.75, 3.05) is 10.6 Å². The van der Waals surface area contributed by atoms with Crippen LogP contribution in [0.2, 0.25) is 5.28 Å². The second-order valence-corrected chi connectivity index (χ2v) is 9.24. The van der Waals surface area contributed by atoms with Gasteiger partial charge in [-0.1, -0.05) is 0 Å². The van der Waals surface area contributed by atoms with E-state index in [9.17, 15) is 22.1 Å². The molecule has 2 aromatic carbocycles. The summed E-state index contributed by atoms with van der Waals surface area (Å²) in [5, 5.41) is 5.59. The first-order valence-electron chi connectivity index (χ1n) is 8.06. The smallest absolute Gasteiger partial charge is 0.294 e. The van der Waals surface area contributed by atoms with E-state index in [4.69, 9.17) is 16.2 Å². The zero-order chi connectivity index (χ0) is 22.1. The number of anilines is 4. The van der Waals surface area contributed by atoms with E-state index < -0.39 is 21.0 Å². The fourth-order valence-corrected chi connectivity index (χ4v) is 3.85. The molecule has 0 aliphatic heterocycles. The molecule has 14 heteroatoms. The van der Waals surface area contributed by atoms with E-state index in [-0.39, 0.29) is 27.0 Å². The molecule has 1 aromatic heterocycles. The summed E-state index contributed by atoms with van der Waals surface area (Å²) in [7, 11) is -8.14. The number of nitrogens with one attached hydrogen (secondary N) is 2. The minimum absolute atomic E-state index is 0.00238. The molecule has 0 saturated heterocycles. The van der Waals surface area contributed by atoms with E-state index in [0.717, 1.165) is 0 Å². The van der Waals surface area contributed by atoms with Crippen molar-refractivity contribution >= 4 is 55.9 Å². The molecule has 1 heterocycles. The van der Waals surface area contributed by atoms with E-state index >= 15 is 0 Å². The van der Waals surface area contributed by atoms with E-state index in [1.807, 2.05) is 0 Å². The average molecular weight is 474 g/mol. The molecule has 3 aromatic rings. The van der Waals surface area contributed by atoms with Gasteiger partial charge in [0.15, 0.2) is 0 Å². The Morgan fingerprint density at radius 1 is 0.833 bits per heavy atom. The van der Waals surface area contributed by atoms with Crippen LogP contribution in [-0.2, 0) is 10.1 Å². The normalized spacial score (nSPS) is 12.5. The van der Waals surface area contributed by atoms with Crippen LogP contribution in [-0.4, -0.2) is 41.6 Å². The third-order valence-electron chi connectivity index (χ3n) is 3.74. The maximum atomic E-state index is 11.1. The fraction of sp³-hybridized carbons (Fsp3) is 0.0625. The first-order chi connectivity index (χ1) is 13.9. The summed E-state index contributed by atoms with van der Waals surface area (Å²) in [6.07, 6.45) is 0. The Morgan fingerprint density at radius 3 is 1.87 bits per heavy atom. The number of hydrogen-bond acceptors (Lipinski definition) is 10. The maximum Gasteiger partial charge on any atom is 0.294 e. The molecule has 0 saturated carbocycles. The predicted octanol–water partition coefficient (Wildman–Crippen LogP) is 4.15. The molecule has 3 rings (SSSR count). The van der Waals surface area contributed by atoms with E-state index in [2.05, 4.69) is 25.6 Å². The van der Waals surface area contributed by atoms with Crippen molar-refractivity contribution in [1.29, 1.82) is 0 Å². The molecule has 6 N–H and O–H groups in total. The standard InChI is InChI=1S/C16H16ClN5O6S2/c1-9-8-11(4-7-13(9)30(26,27)28)19-16-21-14(17)20-15(22-16)18-10-2-5-12(6-3-10)29(23,24)25/h2-8,26-28H,1H3,(H,23,24,25)(H2,18,19,20,21,22). The van der Waals surface area contributed by atoms with Crippen LogP contribution in [0.1, 0.15) is 5.56 Å². The second kappa shape index (κ2) is 8.31. The van der Waals surface area contributed by atoms with Crippen molar-refractivity contribution in [1.82, 2.24) is 15.0 Å². The van der Waals surface area contributed by atoms with Crippen molar-refractivity contribution in [3.05, 3.63) is 53.3 Å². The van der Waals surface area contributed by atoms with Crippen molar-refractivity contribution < 1.29 is 26.6 Å². The highest BCUT2D eigenvalue weighted by molar-refractivity contribution is 8.19. The largest absolute Gasteiger partial charge is 0.324 e. The quantitative estimate of drug-likeness (QED) is 0.283. The molecule has 11 nitrogen and oxygen atoms in total. The van der Waals surface area contributed by atoms with Gasteiger partial charge in [0.1, 0.15) is 10.9 Å². The molecular weight excluding hydrogens is 458 g/mol. The molecule has 0 aliphatic rings. The third kappa shape index (κ3) is 5.54. The molecule has 0 amide bonds. The third-order valence-corrected chi connectivity index (χ3v) is 5.83. The van der Waals surface area contributed by atoms with Crippen LogP contribution in [0, 0.1) is 6.92 Å². The molecule has 0 aliphatic carbocycles. The minimum Gasteiger partial charge on any atom is -0.324 e. The lowest BCUT2D eigenvalue weighted by atomic mass is 10.2. The molecule has 0 bridgehead atoms. The lowest BCUT2D eigenvalue weighted by Gasteiger charge is -2.21. The van der Waals surface area contributed by atoms with Crippen LogP contribution in [0.15, 0.2) is 52.3 Å². The Kier molecular flexibility index (Phi) is 6.14. The van der Waals surface area contributed by atoms with Gasteiger partial charge in [-0.05, 0) is 66.6 Å². The SMILES string of the molecule is Cc1cc(Nc2nc(Cl)nc(Nc3ccc(S(=O)(=O)O)cc3)n2)ccc1S(O)(O)O. The van der Waals surface area contributed by atoms with Gasteiger partial charge >= 0.3 is 0 Å². The van der Waals surface area contributed by atoms with Gasteiger partial charge in [0.25, 0.3) is 10.1 Å². The maximum absolute atomic E-state index is 11.1. The number of rotatable bonds is 6. The van der Waals surface area contributed by atoms with Gasteiger partial charge in [0.05, 0.1) is 9.79 Å². The van der Waals surface area contributed by atoms with Gasteiger partial charge < -0.3 is 24.3 Å². The molecule has 0 radical (unpaired) electrons. The Morgan fingerprint density at radius 2 is 1.37 bits per heavy atom. The summed E-state index contributed by atoms with van der Waals surface area (Å²) in [6, 6.07) is 9.62. The van der Waals surface area contributed by atoms with Gasteiger partial charge in [-0.2, -0.15) is 23.4 Å². The zero-order valence-corrected chi connectivity index (χ0v) is 17.6. The highest BCUT2D eigenvalue weighted by atomic mass is 35.5. The highest BCUT2D eigenvalue weighted by Gasteiger charge is 2.18. The first kappa shape index (κ1) is 22.2. The van der Waals surface area contributed by atoms with Crippen LogP contribution in [0.5, 0.6) is 0 Å². The van der Waals surface area contributed by atoms with Crippen LogP contribution in [0.25, 0.3) is 0 Å². The van der Waals surface area contributed by atoms with Crippen LogP contribution in [0.3, 0.4) is 0 Å². The molecule has 0 fully saturated rings. The molecular formula is C16H16ClN5O6S2. The molecule has 0 spiro atoms. The number of benzene rings is 2. The Labute approximate surface area is 178 Å².